The van der Waals surface area contributed by atoms with Gasteiger partial charge in [-0.15, -0.1) is 0 Å². The summed E-state index contributed by atoms with van der Waals surface area (Å²) in [6, 6.07) is 8.40. The minimum atomic E-state index is -4.01. The predicted octanol–water partition coefficient (Wildman–Crippen LogP) is 5.92. The first kappa shape index (κ1) is 22.4. The monoisotopic (exact) mass is 370 g/mol. The van der Waals surface area contributed by atoms with Crippen LogP contribution in [0.25, 0.3) is 0 Å². The summed E-state index contributed by atoms with van der Waals surface area (Å²) < 4.78 is 22.2. The van der Waals surface area contributed by atoms with Crippen LogP contribution in [-0.2, 0) is 26.5 Å². The lowest BCUT2D eigenvalue weighted by Gasteiger charge is -2.25. The van der Waals surface area contributed by atoms with E-state index in [1.54, 1.807) is 13.8 Å². The van der Waals surface area contributed by atoms with E-state index in [0.717, 1.165) is 12.0 Å². The van der Waals surface area contributed by atoms with Gasteiger partial charge in [-0.05, 0) is 56.1 Å². The second kappa shape index (κ2) is 9.32. The number of hydrogen-bond donors (Lipinski definition) is 1. The highest BCUT2D eigenvalue weighted by atomic mass is 31.2. The molecule has 0 aliphatic carbocycles. The van der Waals surface area contributed by atoms with Crippen LogP contribution >= 0.6 is 7.82 Å². The van der Waals surface area contributed by atoms with Crippen LogP contribution in [0.5, 0.6) is 0 Å². The molecule has 1 aromatic rings. The minimum absolute atomic E-state index is 0.162. The van der Waals surface area contributed by atoms with Gasteiger partial charge in [-0.1, -0.05) is 58.4 Å². The molecule has 0 saturated carbocycles. The molecular weight excluding hydrogens is 335 g/mol. The highest BCUT2D eigenvalue weighted by Crippen LogP contribution is 2.47. The molecule has 0 bridgehead atoms. The molecular formula is C20H35O4P. The maximum Gasteiger partial charge on any atom is 0.472 e. The molecule has 1 unspecified atom stereocenters. The van der Waals surface area contributed by atoms with Gasteiger partial charge in [0.05, 0.1) is 12.2 Å². The number of rotatable bonds is 11. The van der Waals surface area contributed by atoms with Gasteiger partial charge in [-0.3, -0.25) is 9.05 Å². The summed E-state index contributed by atoms with van der Waals surface area (Å²) in [6.07, 6.45) is 4.65. The lowest BCUT2D eigenvalue weighted by Crippen LogP contribution is -2.22. The molecule has 0 fully saturated rings. The molecule has 25 heavy (non-hydrogen) atoms. The Balaban J connectivity index is 2.45. The van der Waals surface area contributed by atoms with Gasteiger partial charge in [0.2, 0.25) is 0 Å². The average molecular weight is 370 g/mol. The highest BCUT2D eigenvalue weighted by Gasteiger charge is 2.30. The largest absolute Gasteiger partial charge is 0.472 e. The second-order valence-corrected chi connectivity index (χ2v) is 9.47. The van der Waals surface area contributed by atoms with Crippen LogP contribution in [0.2, 0.25) is 0 Å². The Kier molecular flexibility index (Phi) is 8.34. The first-order chi connectivity index (χ1) is 11.5. The van der Waals surface area contributed by atoms with Crippen LogP contribution in [0, 0.1) is 5.41 Å². The zero-order valence-corrected chi connectivity index (χ0v) is 17.6. The fourth-order valence-corrected chi connectivity index (χ4v) is 3.34. The second-order valence-electron chi connectivity index (χ2n) is 8.09. The Morgan fingerprint density at radius 3 is 1.96 bits per heavy atom. The van der Waals surface area contributed by atoms with Crippen molar-refractivity contribution in [2.45, 2.75) is 79.2 Å². The van der Waals surface area contributed by atoms with Crippen molar-refractivity contribution in [2.75, 3.05) is 6.61 Å². The highest BCUT2D eigenvalue weighted by molar-refractivity contribution is 7.47. The third-order valence-electron chi connectivity index (χ3n) is 4.93. The molecule has 0 aliphatic rings. The molecule has 0 spiro atoms. The summed E-state index contributed by atoms with van der Waals surface area (Å²) in [7, 11) is -4.01. The quantitative estimate of drug-likeness (QED) is 0.491. The van der Waals surface area contributed by atoms with E-state index in [1.165, 1.54) is 18.4 Å². The van der Waals surface area contributed by atoms with E-state index in [-0.39, 0.29) is 6.61 Å². The summed E-state index contributed by atoms with van der Waals surface area (Å²) >= 11 is 0. The number of hydrogen-bond acceptors (Lipinski definition) is 3. The fourth-order valence-electron chi connectivity index (χ4n) is 2.21. The van der Waals surface area contributed by atoms with Gasteiger partial charge in [-0.2, -0.15) is 0 Å². The van der Waals surface area contributed by atoms with Crippen molar-refractivity contribution in [2.24, 2.45) is 5.41 Å². The van der Waals surface area contributed by atoms with E-state index < -0.39 is 13.4 Å². The molecule has 0 heterocycles. The first-order valence-electron chi connectivity index (χ1n) is 9.24. The summed E-state index contributed by atoms with van der Waals surface area (Å²) in [5.41, 5.74) is 2.12. The van der Waals surface area contributed by atoms with Crippen LogP contribution in [0.15, 0.2) is 24.3 Å². The van der Waals surface area contributed by atoms with Crippen LogP contribution in [0.3, 0.4) is 0 Å². The molecule has 144 valence electrons. The number of phosphoric acid groups is 1. The van der Waals surface area contributed by atoms with Crippen LogP contribution in [0.4, 0.5) is 0 Å². The van der Waals surface area contributed by atoms with Gasteiger partial charge >= 0.3 is 7.82 Å². The fraction of sp³-hybridized carbons (Fsp3) is 0.700. The SMILES string of the molecule is CCC(C)(C)CCc1ccc(CCOP(=O)(O)OC(C)(C)CC)cc1. The van der Waals surface area contributed by atoms with Crippen molar-refractivity contribution < 1.29 is 18.5 Å². The third-order valence-corrected chi connectivity index (χ3v) is 6.16. The summed E-state index contributed by atoms with van der Waals surface area (Å²) in [5, 5.41) is 0. The molecule has 0 amide bonds. The van der Waals surface area contributed by atoms with E-state index in [9.17, 15) is 9.46 Å². The van der Waals surface area contributed by atoms with Gasteiger partial charge in [-0.25, -0.2) is 4.57 Å². The zero-order valence-electron chi connectivity index (χ0n) is 16.7. The van der Waals surface area contributed by atoms with Crippen LogP contribution in [-0.4, -0.2) is 17.1 Å². The molecule has 4 nitrogen and oxygen atoms in total. The molecule has 1 rings (SSSR count). The van der Waals surface area contributed by atoms with Gasteiger partial charge in [0.15, 0.2) is 0 Å². The Morgan fingerprint density at radius 1 is 0.960 bits per heavy atom. The van der Waals surface area contributed by atoms with Gasteiger partial charge in [0, 0.05) is 0 Å². The maximum atomic E-state index is 12.0. The molecule has 0 aliphatic heterocycles. The van der Waals surface area contributed by atoms with E-state index in [1.807, 2.05) is 6.92 Å². The van der Waals surface area contributed by atoms with Crippen molar-refractivity contribution >= 4 is 7.82 Å². The maximum absolute atomic E-state index is 12.0. The first-order valence-corrected chi connectivity index (χ1v) is 10.7. The number of aryl methyl sites for hydroxylation is 1. The summed E-state index contributed by atoms with van der Waals surface area (Å²) in [6.45, 7) is 12.4. The van der Waals surface area contributed by atoms with Crippen LogP contribution < -0.4 is 0 Å². The van der Waals surface area contributed by atoms with Crippen molar-refractivity contribution in [1.29, 1.82) is 0 Å². The van der Waals surface area contributed by atoms with E-state index in [2.05, 4.69) is 45.0 Å². The molecule has 1 aromatic carbocycles. The Bertz CT molecular complexity index is 564. The standard InChI is InChI=1S/C20H35O4P/c1-7-19(3,4)15-13-17-9-11-18(12-10-17)14-16-23-25(21,22)24-20(5,6)8-2/h9-12H,7-8,13-16H2,1-6H3,(H,21,22). The van der Waals surface area contributed by atoms with Gasteiger partial charge < -0.3 is 4.89 Å². The average Bonchev–Trinajstić information content (AvgIpc) is 2.53. The van der Waals surface area contributed by atoms with E-state index in [4.69, 9.17) is 9.05 Å². The summed E-state index contributed by atoms with van der Waals surface area (Å²) in [5.74, 6) is 0. The van der Waals surface area contributed by atoms with Gasteiger partial charge in [0.1, 0.15) is 0 Å². The summed E-state index contributed by atoms with van der Waals surface area (Å²) in [4.78, 5) is 9.78. The van der Waals surface area contributed by atoms with Gasteiger partial charge in [0.25, 0.3) is 0 Å². The molecule has 0 aromatic heterocycles. The minimum Gasteiger partial charge on any atom is -0.302 e. The Morgan fingerprint density at radius 2 is 1.48 bits per heavy atom. The molecule has 0 saturated heterocycles. The van der Waals surface area contributed by atoms with Crippen molar-refractivity contribution in [3.63, 3.8) is 0 Å². The Hall–Kier alpha value is -0.670. The third kappa shape index (κ3) is 9.01. The van der Waals surface area contributed by atoms with Crippen molar-refractivity contribution in [1.82, 2.24) is 0 Å². The van der Waals surface area contributed by atoms with Crippen LogP contribution in [0.1, 0.15) is 71.9 Å². The molecule has 0 radical (unpaired) electrons. The normalized spacial score (nSPS) is 15.2. The van der Waals surface area contributed by atoms with E-state index in [0.29, 0.717) is 18.3 Å². The van der Waals surface area contributed by atoms with Crippen molar-refractivity contribution in [3.8, 4) is 0 Å². The molecule has 1 atom stereocenters. The smallest absolute Gasteiger partial charge is 0.302 e. The lowest BCUT2D eigenvalue weighted by molar-refractivity contribution is 0.0463. The zero-order chi connectivity index (χ0) is 19.1. The Labute approximate surface area is 153 Å². The number of benzene rings is 1. The van der Waals surface area contributed by atoms with Crippen molar-refractivity contribution in [3.05, 3.63) is 35.4 Å². The molecule has 5 heteroatoms. The number of phosphoric ester groups is 1. The topological polar surface area (TPSA) is 55.8 Å². The molecule has 1 N–H and O–H groups in total. The van der Waals surface area contributed by atoms with E-state index >= 15 is 0 Å². The lowest BCUT2D eigenvalue weighted by atomic mass is 9.84. The predicted molar refractivity (Wildman–Crippen MR) is 104 cm³/mol.